The summed E-state index contributed by atoms with van der Waals surface area (Å²) in [6.07, 6.45) is 2.28. The van der Waals surface area contributed by atoms with E-state index in [1.54, 1.807) is 0 Å². The second-order valence-corrected chi connectivity index (χ2v) is 6.25. The molecule has 2 N–H and O–H groups in total. The first-order chi connectivity index (χ1) is 6.07. The zero-order valence-electron chi connectivity index (χ0n) is 11.0. The average Bonchev–Trinajstić information content (AvgIpc) is 1.98. The normalized spacial score (nSPS) is 16.1. The van der Waals surface area contributed by atoms with Crippen LogP contribution in [-0.2, 0) is 0 Å². The van der Waals surface area contributed by atoms with E-state index >= 15 is 0 Å². The second-order valence-electron chi connectivity index (χ2n) is 6.25. The Balaban J connectivity index is 4.15. The van der Waals surface area contributed by atoms with Crippen LogP contribution in [-0.4, -0.2) is 30.6 Å². The third-order valence-electron chi connectivity index (χ3n) is 3.27. The van der Waals surface area contributed by atoms with Crippen LogP contribution in [0.4, 0.5) is 0 Å². The molecular formula is C12H28N2. The summed E-state index contributed by atoms with van der Waals surface area (Å²) >= 11 is 0. The van der Waals surface area contributed by atoms with Gasteiger partial charge in [-0.3, -0.25) is 0 Å². The van der Waals surface area contributed by atoms with Gasteiger partial charge in [-0.1, -0.05) is 20.8 Å². The molecule has 0 spiro atoms. The lowest BCUT2D eigenvalue weighted by molar-refractivity contribution is 0.144. The van der Waals surface area contributed by atoms with Gasteiger partial charge in [0.2, 0.25) is 0 Å². The molecule has 14 heavy (non-hydrogen) atoms. The van der Waals surface area contributed by atoms with Gasteiger partial charge in [0.25, 0.3) is 0 Å². The topological polar surface area (TPSA) is 29.3 Å². The van der Waals surface area contributed by atoms with Crippen LogP contribution >= 0.6 is 0 Å². The quantitative estimate of drug-likeness (QED) is 0.755. The highest BCUT2D eigenvalue weighted by atomic mass is 15.2. The van der Waals surface area contributed by atoms with Crippen molar-refractivity contribution in [3.05, 3.63) is 0 Å². The Morgan fingerprint density at radius 3 is 1.79 bits per heavy atom. The molecule has 0 saturated heterocycles. The minimum absolute atomic E-state index is 0.0885. The summed E-state index contributed by atoms with van der Waals surface area (Å²) in [5.74, 6) is 0. The lowest BCUT2D eigenvalue weighted by atomic mass is 9.83. The van der Waals surface area contributed by atoms with E-state index in [-0.39, 0.29) is 11.6 Å². The Kier molecular flexibility index (Phi) is 4.60. The van der Waals surface area contributed by atoms with Crippen LogP contribution in [0.2, 0.25) is 0 Å². The van der Waals surface area contributed by atoms with Crippen LogP contribution in [0.3, 0.4) is 0 Å². The molecule has 2 nitrogen and oxygen atoms in total. The van der Waals surface area contributed by atoms with Gasteiger partial charge in [0.15, 0.2) is 0 Å². The van der Waals surface area contributed by atoms with Gasteiger partial charge >= 0.3 is 0 Å². The van der Waals surface area contributed by atoms with Crippen molar-refractivity contribution in [3.63, 3.8) is 0 Å². The average molecular weight is 200 g/mol. The largest absolute Gasteiger partial charge is 0.326 e. The number of likely N-dealkylation sites (N-methyl/N-ethyl adjacent to an activating group) is 1. The van der Waals surface area contributed by atoms with Crippen LogP contribution in [0.5, 0.6) is 0 Å². The Bertz CT molecular complexity index is 166. The smallest absolute Gasteiger partial charge is 0.0298 e. The van der Waals surface area contributed by atoms with Crippen molar-refractivity contribution in [2.24, 2.45) is 11.1 Å². The first-order valence-corrected chi connectivity index (χ1v) is 5.50. The van der Waals surface area contributed by atoms with Crippen LogP contribution < -0.4 is 5.73 Å². The van der Waals surface area contributed by atoms with E-state index in [2.05, 4.69) is 53.6 Å². The van der Waals surface area contributed by atoms with Crippen molar-refractivity contribution in [3.8, 4) is 0 Å². The number of hydrogen-bond donors (Lipinski definition) is 1. The fourth-order valence-corrected chi connectivity index (χ4v) is 1.27. The molecule has 0 radical (unpaired) electrons. The van der Waals surface area contributed by atoms with Crippen molar-refractivity contribution in [2.45, 2.75) is 59.0 Å². The minimum atomic E-state index is 0.0885. The summed E-state index contributed by atoms with van der Waals surface area (Å²) < 4.78 is 0. The molecule has 0 aliphatic carbocycles. The number of hydrogen-bond acceptors (Lipinski definition) is 2. The van der Waals surface area contributed by atoms with Crippen LogP contribution in [0.1, 0.15) is 47.5 Å². The van der Waals surface area contributed by atoms with Crippen molar-refractivity contribution in [2.75, 3.05) is 14.1 Å². The first kappa shape index (κ1) is 13.9. The van der Waals surface area contributed by atoms with Gasteiger partial charge in [-0.2, -0.15) is 0 Å². The molecule has 0 aliphatic heterocycles. The maximum Gasteiger partial charge on any atom is 0.0298 e. The van der Waals surface area contributed by atoms with E-state index in [9.17, 15) is 0 Å². The molecule has 2 heteroatoms. The predicted octanol–water partition coefficient (Wildman–Crippen LogP) is 2.48. The zero-order valence-corrected chi connectivity index (χ0v) is 11.0. The van der Waals surface area contributed by atoms with Crippen LogP contribution in [0, 0.1) is 5.41 Å². The molecule has 0 aliphatic rings. The number of rotatable bonds is 4. The molecule has 86 valence electrons. The van der Waals surface area contributed by atoms with Crippen molar-refractivity contribution >= 4 is 0 Å². The molecule has 1 unspecified atom stereocenters. The summed E-state index contributed by atoms with van der Waals surface area (Å²) in [7, 11) is 4.19. The molecule has 0 rings (SSSR count). The predicted molar refractivity (Wildman–Crippen MR) is 64.4 cm³/mol. The van der Waals surface area contributed by atoms with E-state index in [0.29, 0.717) is 5.41 Å². The molecule has 0 saturated carbocycles. The Hall–Kier alpha value is -0.0800. The molecular weight excluding hydrogens is 172 g/mol. The van der Waals surface area contributed by atoms with Gasteiger partial charge in [-0.05, 0) is 46.2 Å². The van der Waals surface area contributed by atoms with E-state index in [4.69, 9.17) is 5.73 Å². The SMILES string of the molecule is CN(C)C(C)(C)C(N)CCC(C)(C)C. The molecule has 1 atom stereocenters. The van der Waals surface area contributed by atoms with E-state index in [0.717, 1.165) is 6.42 Å². The van der Waals surface area contributed by atoms with Gasteiger partial charge < -0.3 is 10.6 Å². The molecule has 0 fully saturated rings. The van der Waals surface area contributed by atoms with Gasteiger partial charge in [-0.15, -0.1) is 0 Å². The van der Waals surface area contributed by atoms with Gasteiger partial charge in [0.1, 0.15) is 0 Å². The third-order valence-corrected chi connectivity index (χ3v) is 3.27. The highest BCUT2D eigenvalue weighted by Crippen LogP contribution is 2.25. The maximum atomic E-state index is 6.22. The highest BCUT2D eigenvalue weighted by Gasteiger charge is 2.29. The molecule has 0 aromatic heterocycles. The molecule has 0 amide bonds. The monoisotopic (exact) mass is 200 g/mol. The maximum absolute atomic E-state index is 6.22. The Labute approximate surface area is 89.9 Å². The number of nitrogens with zero attached hydrogens (tertiary/aromatic N) is 1. The Morgan fingerprint density at radius 2 is 1.50 bits per heavy atom. The zero-order chi connectivity index (χ0) is 11.6. The van der Waals surface area contributed by atoms with Crippen LogP contribution in [0.15, 0.2) is 0 Å². The first-order valence-electron chi connectivity index (χ1n) is 5.50. The molecule has 0 aromatic rings. The van der Waals surface area contributed by atoms with E-state index < -0.39 is 0 Å². The standard InChI is InChI=1S/C12H28N2/c1-11(2,3)9-8-10(13)12(4,5)14(6)7/h10H,8-9,13H2,1-7H3. The van der Waals surface area contributed by atoms with Crippen molar-refractivity contribution in [1.29, 1.82) is 0 Å². The van der Waals surface area contributed by atoms with Crippen molar-refractivity contribution < 1.29 is 0 Å². The minimum Gasteiger partial charge on any atom is -0.326 e. The van der Waals surface area contributed by atoms with E-state index in [1.165, 1.54) is 6.42 Å². The molecule has 0 heterocycles. The lowest BCUT2D eigenvalue weighted by Crippen LogP contribution is -2.53. The van der Waals surface area contributed by atoms with E-state index in [1.807, 2.05) is 0 Å². The lowest BCUT2D eigenvalue weighted by Gasteiger charge is -2.39. The Morgan fingerprint density at radius 1 is 1.07 bits per heavy atom. The van der Waals surface area contributed by atoms with Gasteiger partial charge in [0, 0.05) is 11.6 Å². The fraction of sp³-hybridized carbons (Fsp3) is 1.00. The summed E-state index contributed by atoms with van der Waals surface area (Å²) in [6, 6.07) is 0.247. The van der Waals surface area contributed by atoms with Crippen LogP contribution in [0.25, 0.3) is 0 Å². The molecule has 0 aromatic carbocycles. The highest BCUT2D eigenvalue weighted by molar-refractivity contribution is 4.89. The summed E-state index contributed by atoms with van der Waals surface area (Å²) in [6.45, 7) is 11.2. The summed E-state index contributed by atoms with van der Waals surface area (Å²) in [5.41, 5.74) is 6.70. The van der Waals surface area contributed by atoms with Crippen molar-refractivity contribution in [1.82, 2.24) is 4.90 Å². The molecule has 0 bridgehead atoms. The third kappa shape index (κ3) is 4.43. The van der Waals surface area contributed by atoms with Gasteiger partial charge in [0.05, 0.1) is 0 Å². The summed E-state index contributed by atoms with van der Waals surface area (Å²) in [5, 5.41) is 0. The summed E-state index contributed by atoms with van der Waals surface area (Å²) in [4.78, 5) is 2.21. The second kappa shape index (κ2) is 4.63. The fourth-order valence-electron chi connectivity index (χ4n) is 1.27. The van der Waals surface area contributed by atoms with Gasteiger partial charge in [-0.25, -0.2) is 0 Å². The number of nitrogens with two attached hydrogens (primary N) is 1.